The van der Waals surface area contributed by atoms with Crippen LogP contribution in [0.15, 0.2) is 46.7 Å². The molecule has 0 saturated carbocycles. The SMILES string of the molecule is O=C(Nc1nc2c(s1)CN(C(=O)CSc1ccc(F)cc1)CC2)c1cccs1. The minimum absolute atomic E-state index is 0.0394. The molecule has 0 fully saturated rings. The van der Waals surface area contributed by atoms with E-state index in [1.54, 1.807) is 18.2 Å². The summed E-state index contributed by atoms with van der Waals surface area (Å²) in [6.45, 7) is 1.11. The molecule has 2 aromatic heterocycles. The molecule has 0 atom stereocenters. The summed E-state index contributed by atoms with van der Waals surface area (Å²) in [6, 6.07) is 9.74. The quantitative estimate of drug-likeness (QED) is 0.611. The molecule has 1 N–H and O–H groups in total. The van der Waals surface area contributed by atoms with Crippen LogP contribution in [-0.2, 0) is 17.8 Å². The number of rotatable bonds is 5. The summed E-state index contributed by atoms with van der Waals surface area (Å²) < 4.78 is 13.0. The molecule has 3 heterocycles. The molecule has 5 nitrogen and oxygen atoms in total. The number of amides is 2. The summed E-state index contributed by atoms with van der Waals surface area (Å²) >= 11 is 4.20. The zero-order chi connectivity index (χ0) is 19.5. The summed E-state index contributed by atoms with van der Waals surface area (Å²) in [5.41, 5.74) is 0.946. The first-order valence-electron chi connectivity index (χ1n) is 8.58. The third-order valence-electron chi connectivity index (χ3n) is 4.23. The van der Waals surface area contributed by atoms with Crippen molar-refractivity contribution in [2.45, 2.75) is 17.9 Å². The lowest BCUT2D eigenvalue weighted by Gasteiger charge is -2.26. The number of thiophene rings is 1. The summed E-state index contributed by atoms with van der Waals surface area (Å²) in [5, 5.41) is 5.26. The van der Waals surface area contributed by atoms with Gasteiger partial charge in [0.05, 0.1) is 22.9 Å². The Hall–Kier alpha value is -2.23. The standard InChI is InChI=1S/C19H16FN3O2S3/c20-12-3-5-13(6-4-12)27-11-17(24)23-8-7-14-16(10-23)28-19(21-14)22-18(25)15-2-1-9-26-15/h1-6,9H,7-8,10-11H2,(H,21,22,25). The van der Waals surface area contributed by atoms with Crippen LogP contribution >= 0.6 is 34.4 Å². The Morgan fingerprint density at radius 2 is 2.07 bits per heavy atom. The molecule has 144 valence electrons. The highest BCUT2D eigenvalue weighted by molar-refractivity contribution is 8.00. The number of hydrogen-bond donors (Lipinski definition) is 1. The fourth-order valence-corrected chi connectivity index (χ4v) is 5.23. The van der Waals surface area contributed by atoms with Gasteiger partial charge in [0.15, 0.2) is 5.13 Å². The summed E-state index contributed by atoms with van der Waals surface area (Å²) in [7, 11) is 0. The zero-order valence-corrected chi connectivity index (χ0v) is 17.1. The highest BCUT2D eigenvalue weighted by atomic mass is 32.2. The molecule has 2 amide bonds. The molecule has 0 unspecified atom stereocenters. The van der Waals surface area contributed by atoms with Crippen LogP contribution in [0.25, 0.3) is 0 Å². The van der Waals surface area contributed by atoms with Crippen molar-refractivity contribution in [2.24, 2.45) is 0 Å². The third-order valence-corrected chi connectivity index (χ3v) is 7.09. The second kappa shape index (κ2) is 8.42. The van der Waals surface area contributed by atoms with E-state index in [0.29, 0.717) is 35.3 Å². The predicted octanol–water partition coefficient (Wildman–Crippen LogP) is 4.27. The summed E-state index contributed by atoms with van der Waals surface area (Å²) in [6.07, 6.45) is 0.674. The fourth-order valence-electron chi connectivity index (χ4n) is 2.80. The monoisotopic (exact) mass is 433 g/mol. The average Bonchev–Trinajstić information content (AvgIpc) is 3.36. The van der Waals surface area contributed by atoms with Gasteiger partial charge in [-0.15, -0.1) is 23.1 Å². The van der Waals surface area contributed by atoms with Crippen molar-refractivity contribution >= 4 is 51.4 Å². The first-order valence-corrected chi connectivity index (χ1v) is 11.3. The molecule has 0 radical (unpaired) electrons. The number of nitrogens with zero attached hydrogens (tertiary/aromatic N) is 2. The number of thiazole rings is 1. The molecule has 3 aromatic rings. The lowest BCUT2D eigenvalue weighted by Crippen LogP contribution is -2.36. The van der Waals surface area contributed by atoms with E-state index in [-0.39, 0.29) is 17.6 Å². The Kier molecular flexibility index (Phi) is 5.74. The molecule has 9 heteroatoms. The topological polar surface area (TPSA) is 62.3 Å². The van der Waals surface area contributed by atoms with Crippen molar-refractivity contribution in [3.05, 3.63) is 63.0 Å². The van der Waals surface area contributed by atoms with Crippen LogP contribution < -0.4 is 5.32 Å². The van der Waals surface area contributed by atoms with Gasteiger partial charge in [-0.1, -0.05) is 17.4 Å². The van der Waals surface area contributed by atoms with Crippen LogP contribution in [0.2, 0.25) is 0 Å². The highest BCUT2D eigenvalue weighted by Crippen LogP contribution is 2.29. The first-order chi connectivity index (χ1) is 13.6. The van der Waals surface area contributed by atoms with Gasteiger partial charge in [-0.25, -0.2) is 9.37 Å². The maximum atomic E-state index is 13.0. The van der Waals surface area contributed by atoms with Gasteiger partial charge in [-0.2, -0.15) is 0 Å². The van der Waals surface area contributed by atoms with E-state index in [4.69, 9.17) is 0 Å². The number of carbonyl (C=O) groups excluding carboxylic acids is 2. The van der Waals surface area contributed by atoms with E-state index in [1.807, 2.05) is 16.3 Å². The maximum absolute atomic E-state index is 13.0. The van der Waals surface area contributed by atoms with Gasteiger partial charge in [-0.05, 0) is 35.7 Å². The third kappa shape index (κ3) is 4.43. The minimum atomic E-state index is -0.286. The van der Waals surface area contributed by atoms with E-state index < -0.39 is 0 Å². The Morgan fingerprint density at radius 1 is 1.25 bits per heavy atom. The number of carbonyl (C=O) groups is 2. The lowest BCUT2D eigenvalue weighted by atomic mass is 10.2. The molecule has 0 bridgehead atoms. The van der Waals surface area contributed by atoms with Crippen molar-refractivity contribution in [3.8, 4) is 0 Å². The Morgan fingerprint density at radius 3 is 2.82 bits per heavy atom. The van der Waals surface area contributed by atoms with E-state index in [1.165, 1.54) is 46.6 Å². The van der Waals surface area contributed by atoms with Crippen molar-refractivity contribution in [1.82, 2.24) is 9.88 Å². The van der Waals surface area contributed by atoms with E-state index in [0.717, 1.165) is 15.5 Å². The molecule has 1 aromatic carbocycles. The van der Waals surface area contributed by atoms with Gasteiger partial charge < -0.3 is 4.90 Å². The minimum Gasteiger partial charge on any atom is -0.336 e. The smallest absolute Gasteiger partial charge is 0.267 e. The van der Waals surface area contributed by atoms with E-state index >= 15 is 0 Å². The van der Waals surface area contributed by atoms with Crippen LogP contribution in [-0.4, -0.2) is 34.0 Å². The van der Waals surface area contributed by atoms with E-state index in [2.05, 4.69) is 10.3 Å². The normalized spacial score (nSPS) is 13.2. The Bertz CT molecular complexity index is 987. The fraction of sp³-hybridized carbons (Fsp3) is 0.211. The zero-order valence-electron chi connectivity index (χ0n) is 14.7. The van der Waals surface area contributed by atoms with Gasteiger partial charge in [0.25, 0.3) is 5.91 Å². The first kappa shape index (κ1) is 19.1. The Labute approximate surface area is 173 Å². The van der Waals surface area contributed by atoms with Crippen molar-refractivity contribution in [1.29, 1.82) is 0 Å². The van der Waals surface area contributed by atoms with Gasteiger partial charge in [0, 0.05) is 22.7 Å². The Balaban J connectivity index is 1.35. The highest BCUT2D eigenvalue weighted by Gasteiger charge is 2.24. The number of hydrogen-bond acceptors (Lipinski definition) is 6. The molecule has 4 rings (SSSR count). The average molecular weight is 434 g/mol. The second-order valence-corrected chi connectivity index (χ2v) is 9.21. The molecule has 0 aliphatic carbocycles. The van der Waals surface area contributed by atoms with Crippen LogP contribution in [0.5, 0.6) is 0 Å². The molecule has 1 aliphatic rings. The molecule has 28 heavy (non-hydrogen) atoms. The van der Waals surface area contributed by atoms with Crippen molar-refractivity contribution < 1.29 is 14.0 Å². The lowest BCUT2D eigenvalue weighted by molar-refractivity contribution is -0.129. The number of halogens is 1. The summed E-state index contributed by atoms with van der Waals surface area (Å²) in [5.74, 6) is -0.101. The van der Waals surface area contributed by atoms with E-state index in [9.17, 15) is 14.0 Å². The summed E-state index contributed by atoms with van der Waals surface area (Å²) in [4.78, 5) is 33.5. The maximum Gasteiger partial charge on any atom is 0.267 e. The van der Waals surface area contributed by atoms with Gasteiger partial charge in [-0.3, -0.25) is 14.9 Å². The number of aromatic nitrogens is 1. The van der Waals surface area contributed by atoms with Gasteiger partial charge >= 0.3 is 0 Å². The molecular weight excluding hydrogens is 417 g/mol. The number of nitrogens with one attached hydrogen (secondary N) is 1. The van der Waals surface area contributed by atoms with Crippen molar-refractivity contribution in [3.63, 3.8) is 0 Å². The second-order valence-electron chi connectivity index (χ2n) is 6.13. The number of thioether (sulfide) groups is 1. The molecule has 0 saturated heterocycles. The molecule has 0 spiro atoms. The van der Waals surface area contributed by atoms with Crippen LogP contribution in [0.1, 0.15) is 20.2 Å². The predicted molar refractivity (Wildman–Crippen MR) is 111 cm³/mol. The van der Waals surface area contributed by atoms with Gasteiger partial charge in [0.1, 0.15) is 5.82 Å². The van der Waals surface area contributed by atoms with Crippen LogP contribution in [0, 0.1) is 5.82 Å². The molecular formula is C19H16FN3O2S3. The largest absolute Gasteiger partial charge is 0.336 e. The van der Waals surface area contributed by atoms with Crippen molar-refractivity contribution in [2.75, 3.05) is 17.6 Å². The number of benzene rings is 1. The number of fused-ring (bicyclic) bond motifs is 1. The van der Waals surface area contributed by atoms with Crippen LogP contribution in [0.4, 0.5) is 9.52 Å². The van der Waals surface area contributed by atoms with Gasteiger partial charge in [0.2, 0.25) is 5.91 Å². The molecule has 1 aliphatic heterocycles. The number of anilines is 1. The van der Waals surface area contributed by atoms with Crippen LogP contribution in [0.3, 0.4) is 0 Å².